The number of furan rings is 1. The van der Waals surface area contributed by atoms with Crippen molar-refractivity contribution in [3.05, 3.63) is 90.5 Å². The fraction of sp³-hybridized carbons (Fsp3) is 0.227. The summed E-state index contributed by atoms with van der Waals surface area (Å²) in [6, 6.07) is 12.5. The molecule has 3 aromatic rings. The number of ether oxygens (including phenoxy) is 1. The molecule has 3 heterocycles. The molecule has 1 aromatic carbocycles. The van der Waals surface area contributed by atoms with Crippen LogP contribution in [0.2, 0.25) is 0 Å². The zero-order valence-electron chi connectivity index (χ0n) is 16.3. The molecule has 0 amide bonds. The van der Waals surface area contributed by atoms with Gasteiger partial charge in [-0.1, -0.05) is 41.7 Å². The highest BCUT2D eigenvalue weighted by Crippen LogP contribution is 2.30. The monoisotopic (exact) mass is 408 g/mol. The van der Waals surface area contributed by atoms with Crippen LogP contribution in [0.1, 0.15) is 37.0 Å². The van der Waals surface area contributed by atoms with E-state index >= 15 is 0 Å². The lowest BCUT2D eigenvalue weighted by molar-refractivity contribution is -0.139. The van der Waals surface area contributed by atoms with Crippen LogP contribution in [-0.2, 0) is 9.53 Å². The van der Waals surface area contributed by atoms with Gasteiger partial charge in [-0.25, -0.2) is 9.79 Å². The second kappa shape index (κ2) is 7.67. The van der Waals surface area contributed by atoms with E-state index < -0.39 is 12.0 Å². The van der Waals surface area contributed by atoms with E-state index in [0.717, 1.165) is 11.3 Å². The Morgan fingerprint density at radius 2 is 2.00 bits per heavy atom. The first-order valence-corrected chi connectivity index (χ1v) is 10.1. The standard InChI is InChI=1S/C22H20N2O4S/c1-4-27-21(26)18-14(3)23-22-24(19(18)15-8-6-5-7-9-15)20(25)17(29-22)12-16-11-10-13(2)28-16/h5-12,19H,4H2,1-3H3/b17-12-/t19-/m1/s1. The molecule has 1 aliphatic rings. The highest BCUT2D eigenvalue weighted by atomic mass is 32.1. The van der Waals surface area contributed by atoms with Crippen LogP contribution in [0, 0.1) is 6.92 Å². The van der Waals surface area contributed by atoms with Gasteiger partial charge >= 0.3 is 5.97 Å². The summed E-state index contributed by atoms with van der Waals surface area (Å²) < 4.78 is 12.9. The summed E-state index contributed by atoms with van der Waals surface area (Å²) in [5, 5.41) is 0. The van der Waals surface area contributed by atoms with Crippen molar-refractivity contribution < 1.29 is 13.9 Å². The van der Waals surface area contributed by atoms with Gasteiger partial charge in [0.1, 0.15) is 11.5 Å². The quantitative estimate of drug-likeness (QED) is 0.622. The molecule has 0 radical (unpaired) electrons. The minimum absolute atomic E-state index is 0.217. The van der Waals surface area contributed by atoms with Crippen molar-refractivity contribution in [3.63, 3.8) is 0 Å². The minimum Gasteiger partial charge on any atom is -0.463 e. The number of nitrogens with zero attached hydrogens (tertiary/aromatic N) is 2. The number of hydrogen-bond donors (Lipinski definition) is 0. The summed E-state index contributed by atoms with van der Waals surface area (Å²) in [6.07, 6.45) is 1.71. The number of aryl methyl sites for hydroxylation is 1. The van der Waals surface area contributed by atoms with E-state index in [1.54, 1.807) is 24.5 Å². The smallest absolute Gasteiger partial charge is 0.338 e. The van der Waals surface area contributed by atoms with E-state index in [4.69, 9.17) is 9.15 Å². The molecular weight excluding hydrogens is 388 g/mol. The molecule has 6 nitrogen and oxygen atoms in total. The van der Waals surface area contributed by atoms with E-state index in [-0.39, 0.29) is 12.2 Å². The summed E-state index contributed by atoms with van der Waals surface area (Å²) in [5.74, 6) is 0.913. The van der Waals surface area contributed by atoms with Gasteiger partial charge in [0.25, 0.3) is 5.56 Å². The molecule has 0 fully saturated rings. The molecule has 2 aromatic heterocycles. The Labute approximate surface area is 171 Å². The van der Waals surface area contributed by atoms with Crippen LogP contribution in [0.25, 0.3) is 6.08 Å². The molecule has 1 aliphatic heterocycles. The summed E-state index contributed by atoms with van der Waals surface area (Å²) in [5.41, 5.74) is 1.54. The lowest BCUT2D eigenvalue weighted by Crippen LogP contribution is -2.39. The van der Waals surface area contributed by atoms with Crippen molar-refractivity contribution in [2.75, 3.05) is 6.61 Å². The van der Waals surface area contributed by atoms with Crippen molar-refractivity contribution in [3.8, 4) is 0 Å². The van der Waals surface area contributed by atoms with Crippen LogP contribution in [0.3, 0.4) is 0 Å². The van der Waals surface area contributed by atoms with E-state index in [2.05, 4.69) is 4.99 Å². The Kier molecular flexibility index (Phi) is 5.07. The van der Waals surface area contributed by atoms with Gasteiger partial charge in [-0.05, 0) is 38.5 Å². The van der Waals surface area contributed by atoms with Crippen molar-refractivity contribution >= 4 is 23.4 Å². The Hall–Kier alpha value is -3.19. The molecule has 0 spiro atoms. The minimum atomic E-state index is -0.591. The van der Waals surface area contributed by atoms with E-state index in [0.29, 0.717) is 26.4 Å². The SMILES string of the molecule is CCOC(=O)C1=C(C)N=c2s/c(=C\c3ccc(C)o3)c(=O)n2[C@@H]1c1ccccc1. The molecule has 0 saturated heterocycles. The third-order valence-corrected chi connectivity index (χ3v) is 5.65. The first kappa shape index (κ1) is 19.1. The predicted octanol–water partition coefficient (Wildman–Crippen LogP) is 2.70. The Bertz CT molecular complexity index is 1280. The molecule has 0 bridgehead atoms. The number of fused-ring (bicyclic) bond motifs is 1. The fourth-order valence-corrected chi connectivity index (χ4v) is 4.43. The van der Waals surface area contributed by atoms with Gasteiger partial charge in [0, 0.05) is 6.08 Å². The number of thiazole rings is 1. The van der Waals surface area contributed by atoms with Gasteiger partial charge in [0.15, 0.2) is 4.80 Å². The fourth-order valence-electron chi connectivity index (χ4n) is 3.40. The summed E-state index contributed by atoms with van der Waals surface area (Å²) in [6.45, 7) is 5.63. The van der Waals surface area contributed by atoms with Crippen LogP contribution < -0.4 is 14.9 Å². The van der Waals surface area contributed by atoms with Gasteiger partial charge in [-0.2, -0.15) is 0 Å². The lowest BCUT2D eigenvalue weighted by atomic mass is 9.96. The predicted molar refractivity (Wildman–Crippen MR) is 110 cm³/mol. The zero-order chi connectivity index (χ0) is 20.5. The highest BCUT2D eigenvalue weighted by Gasteiger charge is 2.33. The molecule has 4 rings (SSSR count). The number of esters is 1. The normalized spacial score (nSPS) is 16.5. The molecule has 0 aliphatic carbocycles. The van der Waals surface area contributed by atoms with E-state index in [9.17, 15) is 9.59 Å². The Balaban J connectivity index is 1.96. The Morgan fingerprint density at radius 3 is 2.66 bits per heavy atom. The average Bonchev–Trinajstić information content (AvgIpc) is 3.24. The zero-order valence-corrected chi connectivity index (χ0v) is 17.2. The second-order valence-electron chi connectivity index (χ2n) is 6.66. The van der Waals surface area contributed by atoms with Crippen LogP contribution in [0.5, 0.6) is 0 Å². The third-order valence-electron chi connectivity index (χ3n) is 4.67. The summed E-state index contributed by atoms with van der Waals surface area (Å²) in [7, 11) is 0. The number of hydrogen-bond acceptors (Lipinski definition) is 6. The number of carbonyl (C=O) groups excluding carboxylic acids is 1. The Morgan fingerprint density at radius 1 is 1.24 bits per heavy atom. The van der Waals surface area contributed by atoms with Crippen molar-refractivity contribution in [2.24, 2.45) is 4.99 Å². The molecular formula is C22H20N2O4S. The van der Waals surface area contributed by atoms with Gasteiger partial charge < -0.3 is 9.15 Å². The maximum Gasteiger partial charge on any atom is 0.338 e. The van der Waals surface area contributed by atoms with E-state index in [1.807, 2.05) is 49.4 Å². The first-order chi connectivity index (χ1) is 14.0. The van der Waals surface area contributed by atoms with Crippen LogP contribution >= 0.6 is 11.3 Å². The molecule has 29 heavy (non-hydrogen) atoms. The van der Waals surface area contributed by atoms with Gasteiger partial charge in [0.05, 0.1) is 28.5 Å². The number of benzene rings is 1. The molecule has 148 valence electrons. The number of allylic oxidation sites excluding steroid dienone is 1. The van der Waals surface area contributed by atoms with Gasteiger partial charge in [-0.3, -0.25) is 9.36 Å². The van der Waals surface area contributed by atoms with Crippen molar-refractivity contribution in [1.29, 1.82) is 0 Å². The third kappa shape index (κ3) is 3.49. The van der Waals surface area contributed by atoms with Crippen molar-refractivity contribution in [1.82, 2.24) is 4.57 Å². The molecule has 7 heteroatoms. The maximum absolute atomic E-state index is 13.3. The summed E-state index contributed by atoms with van der Waals surface area (Å²) >= 11 is 1.28. The highest BCUT2D eigenvalue weighted by molar-refractivity contribution is 7.07. The van der Waals surface area contributed by atoms with Crippen LogP contribution in [-0.4, -0.2) is 17.1 Å². The summed E-state index contributed by atoms with van der Waals surface area (Å²) in [4.78, 5) is 31.1. The lowest BCUT2D eigenvalue weighted by Gasteiger charge is -2.24. The molecule has 0 saturated carbocycles. The molecule has 1 atom stereocenters. The largest absolute Gasteiger partial charge is 0.463 e. The van der Waals surface area contributed by atoms with Crippen LogP contribution in [0.15, 0.2) is 67.9 Å². The maximum atomic E-state index is 13.3. The molecule has 0 unspecified atom stereocenters. The first-order valence-electron chi connectivity index (χ1n) is 9.30. The average molecular weight is 408 g/mol. The molecule has 0 N–H and O–H groups in total. The number of carbonyl (C=O) groups is 1. The van der Waals surface area contributed by atoms with Gasteiger partial charge in [-0.15, -0.1) is 0 Å². The van der Waals surface area contributed by atoms with Crippen LogP contribution in [0.4, 0.5) is 0 Å². The van der Waals surface area contributed by atoms with Crippen molar-refractivity contribution in [2.45, 2.75) is 26.8 Å². The number of rotatable bonds is 4. The van der Waals surface area contributed by atoms with Gasteiger partial charge in [0.2, 0.25) is 0 Å². The van der Waals surface area contributed by atoms with E-state index in [1.165, 1.54) is 11.3 Å². The topological polar surface area (TPSA) is 73.8 Å². The number of aromatic nitrogens is 1. The second-order valence-corrected chi connectivity index (χ2v) is 7.67.